The Morgan fingerprint density at radius 3 is 2.71 bits per heavy atom. The van der Waals surface area contributed by atoms with Crippen LogP contribution in [0.2, 0.25) is 0 Å². The largest absolute Gasteiger partial charge is 0.379 e. The van der Waals surface area contributed by atoms with Crippen molar-refractivity contribution in [3.8, 4) is 0 Å². The van der Waals surface area contributed by atoms with Crippen LogP contribution in [0.5, 0.6) is 0 Å². The lowest BCUT2D eigenvalue weighted by molar-refractivity contribution is -0.121. The molecule has 0 atom stereocenters. The van der Waals surface area contributed by atoms with E-state index in [4.69, 9.17) is 16.3 Å². The molecule has 0 rings (SSSR count). The van der Waals surface area contributed by atoms with Crippen LogP contribution < -0.4 is 5.32 Å². The van der Waals surface area contributed by atoms with Crippen LogP contribution in [-0.4, -0.2) is 31.0 Å². The van der Waals surface area contributed by atoms with E-state index in [1.54, 1.807) is 0 Å². The van der Waals surface area contributed by atoms with E-state index in [2.05, 4.69) is 5.32 Å². The quantitative estimate of drug-likeness (QED) is 0.503. The molecule has 0 aliphatic rings. The highest BCUT2D eigenvalue weighted by Crippen LogP contribution is 1.92. The molecular weight excluding hydrogens is 202 g/mol. The third-order valence-electron chi connectivity index (χ3n) is 1.63. The molecule has 0 radical (unpaired) electrons. The third kappa shape index (κ3) is 9.81. The van der Waals surface area contributed by atoms with E-state index >= 15 is 0 Å². The smallest absolute Gasteiger partial charge is 0.220 e. The second kappa shape index (κ2) is 9.28. The molecule has 3 nitrogen and oxygen atoms in total. The molecule has 0 bridgehead atoms. The fourth-order valence-corrected chi connectivity index (χ4v) is 1.07. The summed E-state index contributed by atoms with van der Waals surface area (Å²) in [6.07, 6.45) is 2.40. The van der Waals surface area contributed by atoms with E-state index in [9.17, 15) is 4.79 Å². The van der Waals surface area contributed by atoms with E-state index in [0.717, 1.165) is 12.8 Å². The summed E-state index contributed by atoms with van der Waals surface area (Å²) in [7, 11) is 0. The molecule has 0 aromatic carbocycles. The highest BCUT2D eigenvalue weighted by molar-refractivity contribution is 6.17. The van der Waals surface area contributed by atoms with Crippen LogP contribution in [0.3, 0.4) is 0 Å². The second-order valence-corrected chi connectivity index (χ2v) is 3.79. The van der Waals surface area contributed by atoms with E-state index in [1.165, 1.54) is 0 Å². The Hall–Kier alpha value is -0.280. The SMILES string of the molecule is CC(C)OCCCNC(=O)CCCCl. The molecule has 0 spiro atoms. The predicted octanol–water partition coefficient (Wildman–Crippen LogP) is 1.94. The first-order valence-electron chi connectivity index (χ1n) is 5.11. The average Bonchev–Trinajstić information content (AvgIpc) is 2.13. The summed E-state index contributed by atoms with van der Waals surface area (Å²) in [5.41, 5.74) is 0. The van der Waals surface area contributed by atoms with E-state index in [-0.39, 0.29) is 12.0 Å². The van der Waals surface area contributed by atoms with Gasteiger partial charge in [-0.15, -0.1) is 11.6 Å². The van der Waals surface area contributed by atoms with Crippen LogP contribution in [-0.2, 0) is 9.53 Å². The summed E-state index contributed by atoms with van der Waals surface area (Å²) in [5.74, 6) is 0.624. The van der Waals surface area contributed by atoms with Gasteiger partial charge in [0, 0.05) is 25.5 Å². The zero-order valence-electron chi connectivity index (χ0n) is 9.01. The van der Waals surface area contributed by atoms with Gasteiger partial charge >= 0.3 is 0 Å². The van der Waals surface area contributed by atoms with Crippen LogP contribution in [0.4, 0.5) is 0 Å². The Kier molecular flexibility index (Phi) is 9.10. The zero-order valence-corrected chi connectivity index (χ0v) is 9.77. The second-order valence-electron chi connectivity index (χ2n) is 3.42. The van der Waals surface area contributed by atoms with Crippen molar-refractivity contribution in [1.82, 2.24) is 5.32 Å². The van der Waals surface area contributed by atoms with Gasteiger partial charge in [-0.2, -0.15) is 0 Å². The molecule has 1 N–H and O–H groups in total. The van der Waals surface area contributed by atoms with E-state index in [0.29, 0.717) is 25.5 Å². The first-order chi connectivity index (χ1) is 6.66. The first-order valence-corrected chi connectivity index (χ1v) is 5.64. The van der Waals surface area contributed by atoms with Crippen molar-refractivity contribution in [1.29, 1.82) is 0 Å². The fourth-order valence-electron chi connectivity index (χ4n) is 0.935. The Morgan fingerprint density at radius 2 is 2.14 bits per heavy atom. The Balaban J connectivity index is 3.15. The zero-order chi connectivity index (χ0) is 10.8. The number of rotatable bonds is 8. The normalized spacial score (nSPS) is 10.6. The molecule has 0 aromatic rings. The van der Waals surface area contributed by atoms with Gasteiger partial charge in [0.2, 0.25) is 5.91 Å². The summed E-state index contributed by atoms with van der Waals surface area (Å²) in [5, 5.41) is 2.81. The van der Waals surface area contributed by atoms with Crippen molar-refractivity contribution in [3.05, 3.63) is 0 Å². The van der Waals surface area contributed by atoms with Crippen LogP contribution in [0.1, 0.15) is 33.1 Å². The number of hydrogen-bond donors (Lipinski definition) is 1. The summed E-state index contributed by atoms with van der Waals surface area (Å²) in [6, 6.07) is 0. The first kappa shape index (κ1) is 13.7. The molecule has 84 valence electrons. The molecular formula is C10H20ClNO2. The number of amides is 1. The topological polar surface area (TPSA) is 38.3 Å². The highest BCUT2D eigenvalue weighted by Gasteiger charge is 1.99. The molecule has 0 aliphatic heterocycles. The predicted molar refractivity (Wildman–Crippen MR) is 58.7 cm³/mol. The molecule has 1 amide bonds. The van der Waals surface area contributed by atoms with Crippen molar-refractivity contribution >= 4 is 17.5 Å². The van der Waals surface area contributed by atoms with E-state index < -0.39 is 0 Å². The van der Waals surface area contributed by atoms with Gasteiger partial charge < -0.3 is 10.1 Å². The number of hydrogen-bond acceptors (Lipinski definition) is 2. The van der Waals surface area contributed by atoms with Gasteiger partial charge in [-0.25, -0.2) is 0 Å². The van der Waals surface area contributed by atoms with Crippen molar-refractivity contribution < 1.29 is 9.53 Å². The van der Waals surface area contributed by atoms with Crippen LogP contribution >= 0.6 is 11.6 Å². The fraction of sp³-hybridized carbons (Fsp3) is 0.900. The molecule has 0 saturated carbocycles. The summed E-state index contributed by atoms with van der Waals surface area (Å²) < 4.78 is 5.33. The Labute approximate surface area is 91.2 Å². The van der Waals surface area contributed by atoms with E-state index in [1.807, 2.05) is 13.8 Å². The van der Waals surface area contributed by atoms with Crippen LogP contribution in [0, 0.1) is 0 Å². The molecule has 0 unspecified atom stereocenters. The van der Waals surface area contributed by atoms with Crippen molar-refractivity contribution in [2.24, 2.45) is 0 Å². The summed E-state index contributed by atoms with van der Waals surface area (Å²) in [6.45, 7) is 5.39. The highest BCUT2D eigenvalue weighted by atomic mass is 35.5. The maximum atomic E-state index is 11.1. The summed E-state index contributed by atoms with van der Waals surface area (Å²) >= 11 is 5.46. The number of halogens is 1. The molecule has 0 saturated heterocycles. The number of ether oxygens (including phenoxy) is 1. The van der Waals surface area contributed by atoms with Crippen LogP contribution in [0.25, 0.3) is 0 Å². The lowest BCUT2D eigenvalue weighted by atomic mass is 10.3. The van der Waals surface area contributed by atoms with Gasteiger partial charge in [-0.05, 0) is 26.7 Å². The molecule has 0 aromatic heterocycles. The summed E-state index contributed by atoms with van der Waals surface area (Å²) in [4.78, 5) is 11.1. The molecule has 0 aliphatic carbocycles. The minimum absolute atomic E-state index is 0.0789. The standard InChI is InChI=1S/C10H20ClNO2/c1-9(2)14-8-4-7-12-10(13)5-3-6-11/h9H,3-8H2,1-2H3,(H,12,13). The Morgan fingerprint density at radius 1 is 1.43 bits per heavy atom. The van der Waals surface area contributed by atoms with Crippen molar-refractivity contribution in [2.75, 3.05) is 19.0 Å². The van der Waals surface area contributed by atoms with Gasteiger partial charge in [0.1, 0.15) is 0 Å². The Bertz CT molecular complexity index is 151. The third-order valence-corrected chi connectivity index (χ3v) is 1.90. The van der Waals surface area contributed by atoms with Gasteiger partial charge in [0.15, 0.2) is 0 Å². The molecule has 4 heteroatoms. The molecule has 0 heterocycles. The number of nitrogens with one attached hydrogen (secondary N) is 1. The number of alkyl halides is 1. The van der Waals surface area contributed by atoms with Gasteiger partial charge in [-0.1, -0.05) is 0 Å². The molecule has 14 heavy (non-hydrogen) atoms. The number of carbonyl (C=O) groups excluding carboxylic acids is 1. The monoisotopic (exact) mass is 221 g/mol. The average molecular weight is 222 g/mol. The van der Waals surface area contributed by atoms with Gasteiger partial charge in [-0.3, -0.25) is 4.79 Å². The number of carbonyl (C=O) groups is 1. The van der Waals surface area contributed by atoms with Crippen molar-refractivity contribution in [2.45, 2.75) is 39.2 Å². The molecule has 0 fully saturated rings. The van der Waals surface area contributed by atoms with Gasteiger partial charge in [0.25, 0.3) is 0 Å². The van der Waals surface area contributed by atoms with Gasteiger partial charge in [0.05, 0.1) is 6.10 Å². The lowest BCUT2D eigenvalue weighted by Gasteiger charge is -2.07. The maximum absolute atomic E-state index is 11.1. The minimum atomic E-state index is 0.0789. The minimum Gasteiger partial charge on any atom is -0.379 e. The maximum Gasteiger partial charge on any atom is 0.220 e. The van der Waals surface area contributed by atoms with Crippen molar-refractivity contribution in [3.63, 3.8) is 0 Å². The lowest BCUT2D eigenvalue weighted by Crippen LogP contribution is -2.25. The van der Waals surface area contributed by atoms with Crippen LogP contribution in [0.15, 0.2) is 0 Å².